The van der Waals surface area contributed by atoms with Crippen LogP contribution in [0, 0.1) is 12.8 Å². The molecule has 11 rings (SSSR count). The molecule has 0 bridgehead atoms. The van der Waals surface area contributed by atoms with E-state index in [2.05, 4.69) is 35.5 Å². The molecule has 3 aliphatic heterocycles. The number of anilines is 3. The van der Waals surface area contributed by atoms with Crippen molar-refractivity contribution in [2.24, 2.45) is 13.0 Å². The number of amides is 3. The molecule has 0 radical (unpaired) electrons. The zero-order chi connectivity index (χ0) is 50.2. The number of carboxylic acids is 1. The third-order valence-electron chi connectivity index (χ3n) is 15.2. The fraction of sp³-hybridized carbons (Fsp3) is 0.400. The SMILES string of the molecule is Cc1cc(OC2CCC(CCCCN3CCN(c4ccc5c(C6CCC(=O)NC6=O)nn(C)c5n4)CC3)CC2)ccc1-c1ccc(N2CCc3ccnc(C(=O)Nc4nc5ccccc5s4)c3C2)nc1C(=O)O. The van der Waals surface area contributed by atoms with Gasteiger partial charge in [-0.2, -0.15) is 5.10 Å². The van der Waals surface area contributed by atoms with Gasteiger partial charge in [0.1, 0.15) is 23.1 Å². The van der Waals surface area contributed by atoms with Crippen molar-refractivity contribution in [2.75, 3.05) is 54.4 Å². The molecule has 2 aromatic carbocycles. The van der Waals surface area contributed by atoms with Crippen LogP contribution < -0.4 is 25.2 Å². The molecular weight excluding hydrogens is 943 g/mol. The molecule has 2 saturated heterocycles. The van der Waals surface area contributed by atoms with Crippen molar-refractivity contribution in [3.8, 4) is 16.9 Å². The van der Waals surface area contributed by atoms with Crippen LogP contribution in [-0.4, -0.2) is 109 Å². The van der Waals surface area contributed by atoms with Crippen LogP contribution in [0.2, 0.25) is 0 Å². The number of ether oxygens (including phenoxy) is 1. The van der Waals surface area contributed by atoms with E-state index < -0.39 is 11.9 Å². The Morgan fingerprint density at radius 1 is 0.836 bits per heavy atom. The van der Waals surface area contributed by atoms with Gasteiger partial charge in [-0.15, -0.1) is 0 Å². The minimum Gasteiger partial charge on any atom is -0.490 e. The maximum absolute atomic E-state index is 13.6. The highest BCUT2D eigenvalue weighted by Gasteiger charge is 2.33. The lowest BCUT2D eigenvalue weighted by molar-refractivity contribution is -0.134. The number of aromatic nitrogens is 6. The van der Waals surface area contributed by atoms with E-state index in [1.54, 1.807) is 10.9 Å². The number of fused-ring (bicyclic) bond motifs is 3. The second-order valence-corrected chi connectivity index (χ2v) is 20.9. The van der Waals surface area contributed by atoms with Gasteiger partial charge in [-0.1, -0.05) is 42.4 Å². The Labute approximate surface area is 427 Å². The van der Waals surface area contributed by atoms with Crippen LogP contribution in [0.3, 0.4) is 0 Å². The Balaban J connectivity index is 0.634. The van der Waals surface area contributed by atoms with E-state index >= 15 is 0 Å². The van der Waals surface area contributed by atoms with E-state index in [1.807, 2.05) is 91.7 Å². The summed E-state index contributed by atoms with van der Waals surface area (Å²) in [4.78, 5) is 76.2. The van der Waals surface area contributed by atoms with Crippen LogP contribution in [0.1, 0.15) is 107 Å². The summed E-state index contributed by atoms with van der Waals surface area (Å²) >= 11 is 1.41. The fourth-order valence-corrected chi connectivity index (χ4v) is 12.1. The smallest absolute Gasteiger partial charge is 0.355 e. The van der Waals surface area contributed by atoms with Gasteiger partial charge in [0.05, 0.1) is 27.9 Å². The van der Waals surface area contributed by atoms with Crippen LogP contribution in [0.25, 0.3) is 32.4 Å². The molecule has 73 heavy (non-hydrogen) atoms. The van der Waals surface area contributed by atoms with Crippen LogP contribution in [0.15, 0.2) is 79.0 Å². The van der Waals surface area contributed by atoms with E-state index in [0.717, 1.165) is 113 Å². The van der Waals surface area contributed by atoms with Crippen LogP contribution in [0.5, 0.6) is 5.75 Å². The number of aromatic carboxylic acids is 1. The molecule has 17 nitrogen and oxygen atoms in total. The van der Waals surface area contributed by atoms with Crippen LogP contribution in [0.4, 0.5) is 16.8 Å². The van der Waals surface area contributed by atoms with Crippen molar-refractivity contribution in [3.63, 3.8) is 0 Å². The van der Waals surface area contributed by atoms with E-state index in [-0.39, 0.29) is 29.5 Å². The molecule has 3 fully saturated rings. The molecule has 8 heterocycles. The van der Waals surface area contributed by atoms with Crippen molar-refractivity contribution in [2.45, 2.75) is 89.7 Å². The summed E-state index contributed by atoms with van der Waals surface area (Å²) in [6.45, 7) is 7.84. The van der Waals surface area contributed by atoms with Gasteiger partial charge in [0.15, 0.2) is 16.5 Å². The summed E-state index contributed by atoms with van der Waals surface area (Å²) in [5.74, 6) is 0.547. The van der Waals surface area contributed by atoms with Crippen LogP contribution in [-0.2, 0) is 29.6 Å². The number of nitrogens with one attached hydrogen (secondary N) is 2. The van der Waals surface area contributed by atoms with E-state index in [0.29, 0.717) is 66.2 Å². The molecule has 3 amide bonds. The number of aryl methyl sites for hydroxylation is 2. The second-order valence-electron chi connectivity index (χ2n) is 19.9. The number of carbonyl (C=O) groups excluding carboxylic acids is 3. The zero-order valence-corrected chi connectivity index (χ0v) is 42.0. The number of rotatable bonds is 14. The summed E-state index contributed by atoms with van der Waals surface area (Å²) in [7, 11) is 1.86. The maximum atomic E-state index is 13.6. The Bertz CT molecular complexity index is 3210. The summed E-state index contributed by atoms with van der Waals surface area (Å²) in [5, 5.41) is 21.9. The first-order valence-corrected chi connectivity index (χ1v) is 26.4. The first kappa shape index (κ1) is 48.0. The van der Waals surface area contributed by atoms with Gasteiger partial charge >= 0.3 is 5.97 Å². The van der Waals surface area contributed by atoms with Gasteiger partial charge in [0.2, 0.25) is 11.8 Å². The average molecular weight is 1000 g/mol. The Morgan fingerprint density at radius 2 is 1.63 bits per heavy atom. The molecule has 0 spiro atoms. The van der Waals surface area contributed by atoms with Gasteiger partial charge in [0.25, 0.3) is 5.91 Å². The zero-order valence-electron chi connectivity index (χ0n) is 41.2. The summed E-state index contributed by atoms with van der Waals surface area (Å²) in [6, 6.07) is 23.3. The monoisotopic (exact) mass is 1000 g/mol. The second kappa shape index (κ2) is 20.7. The highest BCUT2D eigenvalue weighted by molar-refractivity contribution is 7.22. The highest BCUT2D eigenvalue weighted by Crippen LogP contribution is 2.36. The van der Waals surface area contributed by atoms with Gasteiger partial charge in [-0.3, -0.25) is 39.6 Å². The standard InChI is InChI=1S/C55H59N11O6S/c1-33-31-37(14-15-38(33)39-16-19-45(58-50(39)54(70)71)66-26-23-35-22-24-56-49(42(35)32-66)53(69)61-55-57-43-8-3-4-9-44(43)73-55)72-36-12-10-34(11-13-36)7-5-6-25-64-27-29-65(30-28-64)46-20-17-40-48(62-63(2)51(40)59-46)41-18-21-47(67)60-52(41)68/h3-4,8-9,14-17,19-20,22,24,31,34,36,41H,5-7,10-13,18,21,23,25-30,32H2,1-2H3,(H,70,71)(H,57,61,69)(H,60,67,68). The quantitative estimate of drug-likeness (QED) is 0.0694. The molecule has 1 atom stereocenters. The van der Waals surface area contributed by atoms with E-state index in [9.17, 15) is 24.3 Å². The number of piperazine rings is 1. The lowest BCUT2D eigenvalue weighted by Crippen LogP contribution is -2.46. The average Bonchev–Trinajstić information content (AvgIpc) is 3.97. The first-order chi connectivity index (χ1) is 35.5. The molecule has 4 aliphatic rings. The Hall–Kier alpha value is -7.31. The van der Waals surface area contributed by atoms with Gasteiger partial charge in [-0.05, 0) is 136 Å². The molecular formula is C55H59N11O6S. The fourth-order valence-electron chi connectivity index (χ4n) is 11.2. The van der Waals surface area contributed by atoms with Gasteiger partial charge < -0.3 is 19.6 Å². The van der Waals surface area contributed by atoms with Gasteiger partial charge in [-0.25, -0.2) is 19.7 Å². The first-order valence-electron chi connectivity index (χ1n) is 25.6. The number of carboxylic acid groups (broad SMARTS) is 1. The molecule has 376 valence electrons. The molecule has 7 aromatic rings. The Kier molecular flexibility index (Phi) is 13.6. The minimum atomic E-state index is -1.11. The number of piperidine rings is 1. The van der Waals surface area contributed by atoms with Crippen molar-refractivity contribution < 1.29 is 29.0 Å². The number of nitrogens with zero attached hydrogens (tertiary/aromatic N) is 9. The molecule has 3 N–H and O–H groups in total. The molecule has 1 unspecified atom stereocenters. The number of imide groups is 1. The van der Waals surface area contributed by atoms with E-state index in [4.69, 9.17) is 14.7 Å². The third-order valence-corrected chi connectivity index (χ3v) is 16.1. The van der Waals surface area contributed by atoms with Crippen molar-refractivity contribution >= 4 is 73.0 Å². The number of pyridine rings is 3. The number of para-hydroxylation sites is 1. The van der Waals surface area contributed by atoms with Crippen molar-refractivity contribution in [1.29, 1.82) is 0 Å². The van der Waals surface area contributed by atoms with Gasteiger partial charge in [0, 0.05) is 75.4 Å². The highest BCUT2D eigenvalue weighted by atomic mass is 32.1. The largest absolute Gasteiger partial charge is 0.490 e. The number of carbonyl (C=O) groups is 4. The normalized spacial score (nSPS) is 19.5. The third kappa shape index (κ3) is 10.2. The number of unbranched alkanes of at least 4 members (excludes halogenated alkanes) is 1. The molecule has 1 saturated carbocycles. The molecule has 5 aromatic heterocycles. The lowest BCUT2D eigenvalue weighted by atomic mass is 9.84. The van der Waals surface area contributed by atoms with Crippen molar-refractivity contribution in [3.05, 3.63) is 113 Å². The molecule has 1 aliphatic carbocycles. The predicted molar refractivity (Wildman–Crippen MR) is 280 cm³/mol. The summed E-state index contributed by atoms with van der Waals surface area (Å²) in [5.41, 5.74) is 6.61. The summed E-state index contributed by atoms with van der Waals surface area (Å²) < 4.78 is 9.27. The maximum Gasteiger partial charge on any atom is 0.355 e. The number of thiazole rings is 1. The van der Waals surface area contributed by atoms with Crippen molar-refractivity contribution in [1.82, 2.24) is 39.9 Å². The number of hydrogen-bond donors (Lipinski definition) is 3. The number of benzene rings is 2. The predicted octanol–water partition coefficient (Wildman–Crippen LogP) is 8.31. The summed E-state index contributed by atoms with van der Waals surface area (Å²) in [6.07, 6.45) is 11.2. The lowest BCUT2D eigenvalue weighted by Gasteiger charge is -2.35. The minimum absolute atomic E-state index is 0.0284. The number of hydrogen-bond acceptors (Lipinski definition) is 14. The van der Waals surface area contributed by atoms with Crippen LogP contribution >= 0.6 is 11.3 Å². The molecule has 18 heteroatoms. The topological polar surface area (TPSA) is 201 Å². The Morgan fingerprint density at radius 3 is 2.42 bits per heavy atom. The van der Waals surface area contributed by atoms with E-state index in [1.165, 1.54) is 30.6 Å².